The molecule has 2 amide bonds. The van der Waals surface area contributed by atoms with E-state index in [1.165, 1.54) is 7.11 Å². The van der Waals surface area contributed by atoms with E-state index >= 15 is 0 Å². The maximum absolute atomic E-state index is 12.5. The molecule has 8 nitrogen and oxygen atoms in total. The Kier molecular flexibility index (Phi) is 7.47. The van der Waals surface area contributed by atoms with Gasteiger partial charge in [0.05, 0.1) is 7.11 Å². The topological polar surface area (TPSA) is 103 Å². The van der Waals surface area contributed by atoms with Crippen LogP contribution in [0, 0.1) is 0 Å². The molecule has 1 aromatic rings. The maximum atomic E-state index is 12.5. The quantitative estimate of drug-likeness (QED) is 0.539. The molecule has 3 rings (SSSR count). The highest BCUT2D eigenvalue weighted by Crippen LogP contribution is 2.36. The number of ether oxygens (including phenoxy) is 3. The number of carbonyl (C=O) groups excluding carboxylic acids is 3. The average molecular weight is 437 g/mol. The molecule has 2 aliphatic rings. The van der Waals surface area contributed by atoms with E-state index in [2.05, 4.69) is 10.6 Å². The lowest BCUT2D eigenvalue weighted by atomic mass is 9.84. The smallest absolute Gasteiger partial charge is 0.328 e. The van der Waals surface area contributed by atoms with Gasteiger partial charge in [-0.3, -0.25) is 9.59 Å². The first-order valence-corrected chi connectivity index (χ1v) is 11.4. The summed E-state index contributed by atoms with van der Waals surface area (Å²) in [6, 6.07) is 5.08. The largest absolute Gasteiger partial charge is 0.467 e. The van der Waals surface area contributed by atoms with Gasteiger partial charge in [-0.1, -0.05) is 6.07 Å². The van der Waals surface area contributed by atoms with Gasteiger partial charge >= 0.3 is 5.97 Å². The number of fused-ring (bicyclic) bond motifs is 1. The average Bonchev–Trinajstić information content (AvgIpc) is 3.35. The summed E-state index contributed by atoms with van der Waals surface area (Å²) >= 11 is 1.60. The van der Waals surface area contributed by atoms with E-state index < -0.39 is 17.6 Å². The monoisotopic (exact) mass is 436 g/mol. The number of benzene rings is 1. The third-order valence-electron chi connectivity index (χ3n) is 5.48. The molecule has 0 bridgehead atoms. The summed E-state index contributed by atoms with van der Waals surface area (Å²) < 4.78 is 15.6. The van der Waals surface area contributed by atoms with Crippen LogP contribution >= 0.6 is 11.8 Å². The zero-order valence-corrected chi connectivity index (χ0v) is 18.1. The van der Waals surface area contributed by atoms with E-state index in [0.29, 0.717) is 43.6 Å². The molecule has 2 aliphatic heterocycles. The van der Waals surface area contributed by atoms with Crippen molar-refractivity contribution in [2.24, 2.45) is 0 Å². The minimum atomic E-state index is -0.655. The Bertz CT molecular complexity index is 802. The molecule has 1 saturated heterocycles. The second-order valence-electron chi connectivity index (χ2n) is 7.62. The number of thioether (sulfide) groups is 1. The fourth-order valence-corrected chi connectivity index (χ4v) is 4.34. The summed E-state index contributed by atoms with van der Waals surface area (Å²) in [7, 11) is 1.31. The van der Waals surface area contributed by atoms with Crippen LogP contribution < -0.4 is 20.1 Å². The second-order valence-corrected chi connectivity index (χ2v) is 8.60. The standard InChI is InChI=1S/C21H28N2O6S/c1-27-20(26)15(7-10-30-2)22-18(24)5-8-21(9-6-19(25)23-21)12-14-3-4-16-17(11-14)29-13-28-16/h3-4,11,15H,5-10,12-13H2,1-2H3,(H,22,24)(H,23,25)/t15-,21+/m0/s1. The van der Waals surface area contributed by atoms with Crippen LogP contribution in [0.3, 0.4) is 0 Å². The Morgan fingerprint density at radius 1 is 1.33 bits per heavy atom. The molecule has 2 N–H and O–H groups in total. The van der Waals surface area contributed by atoms with Gasteiger partial charge in [0, 0.05) is 18.4 Å². The van der Waals surface area contributed by atoms with Crippen molar-refractivity contribution >= 4 is 29.5 Å². The Morgan fingerprint density at radius 2 is 2.13 bits per heavy atom. The van der Waals surface area contributed by atoms with Gasteiger partial charge < -0.3 is 24.8 Å². The van der Waals surface area contributed by atoms with Gasteiger partial charge in [-0.2, -0.15) is 11.8 Å². The minimum Gasteiger partial charge on any atom is -0.467 e. The predicted octanol–water partition coefficient (Wildman–Crippen LogP) is 1.80. The van der Waals surface area contributed by atoms with Gasteiger partial charge in [-0.05, 0) is 55.4 Å². The Morgan fingerprint density at radius 3 is 2.83 bits per heavy atom. The van der Waals surface area contributed by atoms with Crippen LogP contribution in [0.15, 0.2) is 18.2 Å². The van der Waals surface area contributed by atoms with Gasteiger partial charge in [0.15, 0.2) is 11.5 Å². The fraction of sp³-hybridized carbons (Fsp3) is 0.571. The van der Waals surface area contributed by atoms with Crippen molar-refractivity contribution in [3.05, 3.63) is 23.8 Å². The molecular weight excluding hydrogens is 408 g/mol. The summed E-state index contributed by atoms with van der Waals surface area (Å²) in [6.07, 6.45) is 4.82. The van der Waals surface area contributed by atoms with E-state index in [0.717, 1.165) is 11.3 Å². The Labute approximate surface area is 180 Å². The van der Waals surface area contributed by atoms with Crippen LogP contribution in [0.5, 0.6) is 11.5 Å². The second kappa shape index (κ2) is 10.1. The summed E-state index contributed by atoms with van der Waals surface area (Å²) in [5.74, 6) is 1.47. The van der Waals surface area contributed by atoms with Gasteiger partial charge in [0.2, 0.25) is 18.6 Å². The molecule has 0 unspecified atom stereocenters. The number of hydrogen-bond donors (Lipinski definition) is 2. The number of carbonyl (C=O) groups is 3. The number of esters is 1. The molecule has 0 spiro atoms. The van der Waals surface area contributed by atoms with Crippen LogP contribution in [0.2, 0.25) is 0 Å². The first kappa shape index (κ1) is 22.3. The highest BCUT2D eigenvalue weighted by atomic mass is 32.2. The van der Waals surface area contributed by atoms with E-state index in [-0.39, 0.29) is 25.0 Å². The van der Waals surface area contributed by atoms with Crippen LogP contribution in [0.25, 0.3) is 0 Å². The fourth-order valence-electron chi connectivity index (χ4n) is 3.87. The first-order chi connectivity index (χ1) is 14.4. The van der Waals surface area contributed by atoms with E-state index in [4.69, 9.17) is 14.2 Å². The first-order valence-electron chi connectivity index (χ1n) is 10.0. The number of amides is 2. The third kappa shape index (κ3) is 5.59. The summed E-state index contributed by atoms with van der Waals surface area (Å²) in [6.45, 7) is 0.207. The van der Waals surface area contributed by atoms with Gasteiger partial charge in [-0.15, -0.1) is 0 Å². The van der Waals surface area contributed by atoms with Crippen molar-refractivity contribution in [1.82, 2.24) is 10.6 Å². The number of hydrogen-bond acceptors (Lipinski definition) is 7. The zero-order valence-electron chi connectivity index (χ0n) is 17.3. The van der Waals surface area contributed by atoms with Gasteiger partial charge in [0.25, 0.3) is 0 Å². The van der Waals surface area contributed by atoms with Gasteiger partial charge in [-0.25, -0.2) is 4.79 Å². The molecule has 0 saturated carbocycles. The summed E-state index contributed by atoms with van der Waals surface area (Å²) in [4.78, 5) is 36.5. The molecule has 2 heterocycles. The molecule has 2 atom stereocenters. The minimum absolute atomic E-state index is 0.0106. The molecule has 0 aliphatic carbocycles. The highest BCUT2D eigenvalue weighted by molar-refractivity contribution is 7.98. The predicted molar refractivity (Wildman–Crippen MR) is 113 cm³/mol. The normalized spacial score (nSPS) is 20.5. The molecule has 9 heteroatoms. The zero-order chi connectivity index (χ0) is 21.6. The number of rotatable bonds is 10. The van der Waals surface area contributed by atoms with Crippen molar-refractivity contribution in [2.45, 2.75) is 50.1 Å². The Hall–Kier alpha value is -2.42. The van der Waals surface area contributed by atoms with Crippen molar-refractivity contribution in [3.8, 4) is 11.5 Å². The van der Waals surface area contributed by atoms with E-state index in [1.807, 2.05) is 24.5 Å². The van der Waals surface area contributed by atoms with Crippen molar-refractivity contribution < 1.29 is 28.6 Å². The molecule has 0 radical (unpaired) electrons. The Balaban J connectivity index is 1.62. The summed E-state index contributed by atoms with van der Waals surface area (Å²) in [5.41, 5.74) is 0.511. The molecule has 0 aromatic heterocycles. The highest BCUT2D eigenvalue weighted by Gasteiger charge is 2.38. The molecular formula is C21H28N2O6S. The lowest BCUT2D eigenvalue weighted by Gasteiger charge is -2.29. The maximum Gasteiger partial charge on any atom is 0.328 e. The summed E-state index contributed by atoms with van der Waals surface area (Å²) in [5, 5.41) is 5.85. The lowest BCUT2D eigenvalue weighted by Crippen LogP contribution is -2.46. The molecule has 1 fully saturated rings. The van der Waals surface area contributed by atoms with Gasteiger partial charge in [0.1, 0.15) is 6.04 Å². The van der Waals surface area contributed by atoms with E-state index in [9.17, 15) is 14.4 Å². The van der Waals surface area contributed by atoms with Crippen LogP contribution in [-0.2, 0) is 25.5 Å². The third-order valence-corrected chi connectivity index (χ3v) is 6.12. The molecule has 30 heavy (non-hydrogen) atoms. The van der Waals surface area contributed by atoms with Crippen molar-refractivity contribution in [3.63, 3.8) is 0 Å². The SMILES string of the molecule is COC(=O)[C@H](CCSC)NC(=O)CC[C@]1(Cc2ccc3c(c2)OCO3)CCC(=O)N1. The molecule has 164 valence electrons. The van der Waals surface area contributed by atoms with Crippen LogP contribution in [0.4, 0.5) is 0 Å². The van der Waals surface area contributed by atoms with Crippen LogP contribution in [0.1, 0.15) is 37.7 Å². The van der Waals surface area contributed by atoms with Crippen molar-refractivity contribution in [1.29, 1.82) is 0 Å². The number of methoxy groups -OCH3 is 1. The van der Waals surface area contributed by atoms with E-state index in [1.54, 1.807) is 11.8 Å². The van der Waals surface area contributed by atoms with Crippen LogP contribution in [-0.4, -0.2) is 55.3 Å². The lowest BCUT2D eigenvalue weighted by molar-refractivity contribution is -0.145. The van der Waals surface area contributed by atoms with Crippen molar-refractivity contribution in [2.75, 3.05) is 25.9 Å². The number of nitrogens with one attached hydrogen (secondary N) is 2. The molecule has 1 aromatic carbocycles.